The Kier molecular flexibility index (Phi) is 7.27. The summed E-state index contributed by atoms with van der Waals surface area (Å²) >= 11 is 0. The van der Waals surface area contributed by atoms with Gasteiger partial charge in [0.25, 0.3) is 0 Å². The Hall–Kier alpha value is -3.49. The third kappa shape index (κ3) is 5.40. The molecule has 3 aromatic rings. The second-order valence-corrected chi connectivity index (χ2v) is 7.62. The van der Waals surface area contributed by atoms with Crippen molar-refractivity contribution in [3.8, 4) is 5.75 Å². The molecule has 1 N–H and O–H groups in total. The van der Waals surface area contributed by atoms with E-state index in [-0.39, 0.29) is 0 Å². The van der Waals surface area contributed by atoms with Crippen LogP contribution < -0.4 is 15.0 Å². The number of nitrogens with one attached hydrogen (secondary N) is 1. The van der Waals surface area contributed by atoms with Crippen LogP contribution in [0.3, 0.4) is 0 Å². The van der Waals surface area contributed by atoms with Crippen LogP contribution in [0, 0.1) is 0 Å². The van der Waals surface area contributed by atoms with Gasteiger partial charge < -0.3 is 28.8 Å². The molecule has 0 spiro atoms. The van der Waals surface area contributed by atoms with Crippen molar-refractivity contribution in [2.75, 3.05) is 44.7 Å². The molecule has 0 radical (unpaired) electrons. The first kappa shape index (κ1) is 21.7. The smallest absolute Gasteiger partial charge is 0.194 e. The van der Waals surface area contributed by atoms with E-state index in [1.807, 2.05) is 24.3 Å². The summed E-state index contributed by atoms with van der Waals surface area (Å²) in [7, 11) is 1.70. The summed E-state index contributed by atoms with van der Waals surface area (Å²) in [6.07, 6.45) is 4.34. The number of rotatable bonds is 8. The largest absolute Gasteiger partial charge is 0.497 e. The quantitative estimate of drug-likeness (QED) is 0.428. The first-order chi connectivity index (χ1) is 15.8. The van der Waals surface area contributed by atoms with Crippen LogP contribution in [0.2, 0.25) is 0 Å². The van der Waals surface area contributed by atoms with Gasteiger partial charge in [-0.15, -0.1) is 10.2 Å². The Labute approximate surface area is 188 Å². The van der Waals surface area contributed by atoms with Gasteiger partial charge in [0.05, 0.1) is 13.4 Å². The predicted octanol–water partition coefficient (Wildman–Crippen LogP) is 2.41. The van der Waals surface area contributed by atoms with Crippen molar-refractivity contribution >= 4 is 11.6 Å². The van der Waals surface area contributed by atoms with Crippen LogP contribution >= 0.6 is 0 Å². The van der Waals surface area contributed by atoms with Crippen LogP contribution in [0.4, 0.5) is 5.69 Å². The molecule has 0 unspecified atom stereocenters. The number of aryl methyl sites for hydroxylation is 1. The summed E-state index contributed by atoms with van der Waals surface area (Å²) in [5.41, 5.74) is 1.19. The molecule has 0 saturated carbocycles. The first-order valence-electron chi connectivity index (χ1n) is 11.1. The van der Waals surface area contributed by atoms with Gasteiger partial charge in [0.2, 0.25) is 0 Å². The number of furan rings is 1. The zero-order chi connectivity index (χ0) is 22.2. The molecule has 9 heteroatoms. The van der Waals surface area contributed by atoms with E-state index in [0.717, 1.165) is 69.0 Å². The molecule has 0 aliphatic carbocycles. The van der Waals surface area contributed by atoms with Crippen LogP contribution in [0.25, 0.3) is 0 Å². The summed E-state index contributed by atoms with van der Waals surface area (Å²) in [6, 6.07) is 12.1. The van der Waals surface area contributed by atoms with Gasteiger partial charge in [0.1, 0.15) is 30.2 Å². The highest BCUT2D eigenvalue weighted by atomic mass is 16.5. The number of methoxy groups -OCH3 is 1. The topological polar surface area (TPSA) is 84.0 Å². The Morgan fingerprint density at radius 3 is 2.81 bits per heavy atom. The zero-order valence-electron chi connectivity index (χ0n) is 18.8. The molecular formula is C23H31N7O2. The Bertz CT molecular complexity index is 991. The van der Waals surface area contributed by atoms with E-state index in [2.05, 4.69) is 48.9 Å². The van der Waals surface area contributed by atoms with Crippen LogP contribution in [0.5, 0.6) is 5.75 Å². The minimum Gasteiger partial charge on any atom is -0.497 e. The fourth-order valence-corrected chi connectivity index (χ4v) is 3.83. The van der Waals surface area contributed by atoms with Gasteiger partial charge in [0, 0.05) is 57.4 Å². The number of aromatic nitrogens is 3. The molecule has 1 aliphatic rings. The van der Waals surface area contributed by atoms with Gasteiger partial charge in [-0.05, 0) is 24.3 Å². The normalized spacial score (nSPS) is 14.6. The number of piperazine rings is 1. The van der Waals surface area contributed by atoms with Crippen molar-refractivity contribution < 1.29 is 9.15 Å². The second-order valence-electron chi connectivity index (χ2n) is 7.62. The Balaban J connectivity index is 1.38. The van der Waals surface area contributed by atoms with Crippen molar-refractivity contribution in [1.82, 2.24) is 25.0 Å². The maximum absolute atomic E-state index is 5.47. The van der Waals surface area contributed by atoms with E-state index in [9.17, 15) is 0 Å². The van der Waals surface area contributed by atoms with Gasteiger partial charge in [-0.2, -0.15) is 0 Å². The molecule has 1 fully saturated rings. The zero-order valence-corrected chi connectivity index (χ0v) is 18.8. The van der Waals surface area contributed by atoms with Gasteiger partial charge >= 0.3 is 0 Å². The van der Waals surface area contributed by atoms with Gasteiger partial charge in [-0.25, -0.2) is 4.99 Å². The van der Waals surface area contributed by atoms with E-state index in [4.69, 9.17) is 14.1 Å². The second kappa shape index (κ2) is 10.7. The van der Waals surface area contributed by atoms with Crippen molar-refractivity contribution in [2.24, 2.45) is 4.99 Å². The van der Waals surface area contributed by atoms with E-state index in [1.54, 1.807) is 19.7 Å². The molecule has 32 heavy (non-hydrogen) atoms. The lowest BCUT2D eigenvalue weighted by Crippen LogP contribution is -2.53. The van der Waals surface area contributed by atoms with Gasteiger partial charge in [0.15, 0.2) is 5.96 Å². The summed E-state index contributed by atoms with van der Waals surface area (Å²) < 4.78 is 12.9. The fraction of sp³-hybridized carbons (Fsp3) is 0.435. The molecule has 2 aromatic heterocycles. The van der Waals surface area contributed by atoms with Crippen molar-refractivity contribution in [3.05, 3.63) is 60.6 Å². The molecule has 0 bridgehead atoms. The minimum absolute atomic E-state index is 0.512. The molecule has 4 rings (SSSR count). The third-order valence-electron chi connectivity index (χ3n) is 5.61. The lowest BCUT2D eigenvalue weighted by atomic mass is 10.2. The highest BCUT2D eigenvalue weighted by Crippen LogP contribution is 2.22. The predicted molar refractivity (Wildman–Crippen MR) is 124 cm³/mol. The first-order valence-corrected chi connectivity index (χ1v) is 11.1. The number of ether oxygens (including phenoxy) is 1. The number of hydrogen-bond donors (Lipinski definition) is 1. The molecule has 1 saturated heterocycles. The summed E-state index contributed by atoms with van der Waals surface area (Å²) in [5, 5.41) is 11.7. The molecule has 1 aromatic carbocycles. The molecule has 9 nitrogen and oxygen atoms in total. The standard InChI is InChI=1S/C23H31N7O2/c1-3-22-27-26-18-30(22)10-9-24-23(25-17-21-8-5-15-32-21)29-13-11-28(12-14-29)19-6-4-7-20(16-19)31-2/h4-8,15-16,18H,3,9-14,17H2,1-2H3,(H,24,25). The molecule has 0 amide bonds. The maximum Gasteiger partial charge on any atom is 0.194 e. The van der Waals surface area contributed by atoms with Gasteiger partial charge in [-0.3, -0.25) is 0 Å². The van der Waals surface area contributed by atoms with Crippen LogP contribution in [-0.2, 0) is 19.5 Å². The van der Waals surface area contributed by atoms with E-state index >= 15 is 0 Å². The lowest BCUT2D eigenvalue weighted by molar-refractivity contribution is 0.369. The number of hydrogen-bond acceptors (Lipinski definition) is 6. The number of anilines is 1. The summed E-state index contributed by atoms with van der Waals surface area (Å²) in [4.78, 5) is 9.53. The average molecular weight is 438 g/mol. The molecule has 3 heterocycles. The minimum atomic E-state index is 0.512. The fourth-order valence-electron chi connectivity index (χ4n) is 3.83. The lowest BCUT2D eigenvalue weighted by Gasteiger charge is -2.38. The third-order valence-corrected chi connectivity index (χ3v) is 5.61. The van der Waals surface area contributed by atoms with E-state index in [0.29, 0.717) is 6.54 Å². The SMILES string of the molecule is CCc1nncn1CCNC(=NCc1ccco1)N1CCN(c2cccc(OC)c2)CC1. The van der Waals surface area contributed by atoms with E-state index in [1.165, 1.54) is 5.69 Å². The monoisotopic (exact) mass is 437 g/mol. The molecule has 0 atom stereocenters. The van der Waals surface area contributed by atoms with Crippen LogP contribution in [0.15, 0.2) is 58.4 Å². The van der Waals surface area contributed by atoms with Crippen molar-refractivity contribution in [2.45, 2.75) is 26.4 Å². The highest BCUT2D eigenvalue weighted by molar-refractivity contribution is 5.80. The highest BCUT2D eigenvalue weighted by Gasteiger charge is 2.20. The van der Waals surface area contributed by atoms with E-state index < -0.39 is 0 Å². The number of nitrogens with zero attached hydrogens (tertiary/aromatic N) is 6. The van der Waals surface area contributed by atoms with Crippen LogP contribution in [-0.4, -0.2) is 65.5 Å². The average Bonchev–Trinajstić information content (AvgIpc) is 3.53. The van der Waals surface area contributed by atoms with Gasteiger partial charge in [-0.1, -0.05) is 13.0 Å². The molecule has 170 valence electrons. The number of guanidine groups is 1. The summed E-state index contributed by atoms with van der Waals surface area (Å²) in [5.74, 6) is 3.63. The summed E-state index contributed by atoms with van der Waals surface area (Å²) in [6.45, 7) is 7.74. The maximum atomic E-state index is 5.47. The molecular weight excluding hydrogens is 406 g/mol. The number of benzene rings is 1. The molecule has 1 aliphatic heterocycles. The van der Waals surface area contributed by atoms with Crippen LogP contribution in [0.1, 0.15) is 18.5 Å². The Morgan fingerprint density at radius 1 is 1.19 bits per heavy atom. The van der Waals surface area contributed by atoms with Crippen molar-refractivity contribution in [3.63, 3.8) is 0 Å². The van der Waals surface area contributed by atoms with Crippen molar-refractivity contribution in [1.29, 1.82) is 0 Å². The Morgan fingerprint density at radius 2 is 2.06 bits per heavy atom. The number of aliphatic imine (C=N–C) groups is 1.